The highest BCUT2D eigenvalue weighted by atomic mass is 35.5. The molecule has 0 atom stereocenters. The van der Waals surface area contributed by atoms with Gasteiger partial charge in [0, 0.05) is 10.9 Å². The molecule has 0 saturated heterocycles. The summed E-state index contributed by atoms with van der Waals surface area (Å²) in [6, 6.07) is 10.7. The van der Waals surface area contributed by atoms with Gasteiger partial charge in [-0.05, 0) is 49.9 Å². The Bertz CT molecular complexity index is 537. The molecule has 2 nitrogen and oxygen atoms in total. The molecule has 0 amide bonds. The van der Waals surface area contributed by atoms with Gasteiger partial charge in [0.1, 0.15) is 0 Å². The average molecular weight is 309 g/mol. The molecule has 2 N–H and O–H groups in total. The molecule has 0 saturated carbocycles. The van der Waals surface area contributed by atoms with Gasteiger partial charge in [0.15, 0.2) is 0 Å². The number of anilines is 1. The molecular weight excluding hydrogens is 288 g/mol. The smallest absolute Gasteiger partial charge is 0.0642 e. The van der Waals surface area contributed by atoms with Crippen LogP contribution in [0.15, 0.2) is 35.7 Å². The third-order valence-electron chi connectivity index (χ3n) is 3.30. The molecule has 4 heteroatoms. The van der Waals surface area contributed by atoms with E-state index in [1.807, 2.05) is 12.1 Å². The van der Waals surface area contributed by atoms with E-state index in [-0.39, 0.29) is 0 Å². The van der Waals surface area contributed by atoms with E-state index in [0.717, 1.165) is 23.7 Å². The summed E-state index contributed by atoms with van der Waals surface area (Å²) in [7, 11) is 0. The second-order valence-corrected chi connectivity index (χ2v) is 6.53. The van der Waals surface area contributed by atoms with Gasteiger partial charge in [-0.2, -0.15) is 0 Å². The summed E-state index contributed by atoms with van der Waals surface area (Å²) < 4.78 is 0. The highest BCUT2D eigenvalue weighted by Gasteiger charge is 2.18. The Morgan fingerprint density at radius 3 is 2.65 bits per heavy atom. The van der Waals surface area contributed by atoms with Crippen LogP contribution in [0.5, 0.6) is 0 Å². The fourth-order valence-corrected chi connectivity index (χ4v) is 3.33. The Labute approximate surface area is 130 Å². The lowest BCUT2D eigenvalue weighted by atomic mass is 10.1. The van der Waals surface area contributed by atoms with Gasteiger partial charge in [-0.25, -0.2) is 0 Å². The van der Waals surface area contributed by atoms with Crippen molar-refractivity contribution >= 4 is 28.6 Å². The van der Waals surface area contributed by atoms with Gasteiger partial charge >= 0.3 is 0 Å². The molecule has 0 radical (unpaired) electrons. The first-order chi connectivity index (χ1) is 9.63. The number of para-hydroxylation sites is 1. The highest BCUT2D eigenvalue weighted by Crippen LogP contribution is 2.33. The van der Waals surface area contributed by atoms with Crippen LogP contribution in [-0.4, -0.2) is 12.6 Å². The molecule has 20 heavy (non-hydrogen) atoms. The summed E-state index contributed by atoms with van der Waals surface area (Å²) in [5.74, 6) is 0. The Balaban J connectivity index is 2.38. The van der Waals surface area contributed by atoms with Crippen LogP contribution in [0.4, 0.5) is 5.69 Å². The molecule has 1 aromatic heterocycles. The molecule has 0 aliphatic rings. The van der Waals surface area contributed by atoms with E-state index >= 15 is 0 Å². The minimum absolute atomic E-state index is 0.383. The van der Waals surface area contributed by atoms with E-state index in [9.17, 15) is 0 Å². The lowest BCUT2D eigenvalue weighted by Crippen LogP contribution is -2.31. The van der Waals surface area contributed by atoms with Gasteiger partial charge in [-0.1, -0.05) is 29.8 Å². The summed E-state index contributed by atoms with van der Waals surface area (Å²) in [5, 5.41) is 2.92. The third kappa shape index (κ3) is 3.54. The summed E-state index contributed by atoms with van der Waals surface area (Å²) in [4.78, 5) is 3.71. The fraction of sp³-hybridized carbons (Fsp3) is 0.375. The third-order valence-corrected chi connectivity index (χ3v) is 4.47. The fourth-order valence-electron chi connectivity index (χ4n) is 2.33. The zero-order valence-electron chi connectivity index (χ0n) is 12.0. The van der Waals surface area contributed by atoms with Gasteiger partial charge in [0.25, 0.3) is 0 Å². The minimum Gasteiger partial charge on any atom is -0.363 e. The summed E-state index contributed by atoms with van der Waals surface area (Å²) in [5.41, 5.74) is 8.09. The van der Waals surface area contributed by atoms with Gasteiger partial charge in [-0.15, -0.1) is 11.3 Å². The lowest BCUT2D eigenvalue weighted by molar-refractivity contribution is 0.682. The van der Waals surface area contributed by atoms with Crippen molar-refractivity contribution in [3.8, 4) is 0 Å². The van der Waals surface area contributed by atoms with Crippen molar-refractivity contribution in [3.05, 3.63) is 51.2 Å². The molecule has 2 rings (SSSR count). The van der Waals surface area contributed by atoms with Crippen LogP contribution in [0.1, 0.15) is 24.3 Å². The van der Waals surface area contributed by atoms with Crippen molar-refractivity contribution in [3.63, 3.8) is 0 Å². The van der Waals surface area contributed by atoms with Crippen molar-refractivity contribution in [2.24, 2.45) is 5.73 Å². The van der Waals surface area contributed by atoms with Crippen molar-refractivity contribution in [2.75, 3.05) is 11.4 Å². The Morgan fingerprint density at radius 2 is 2.05 bits per heavy atom. The monoisotopic (exact) mass is 308 g/mol. The minimum atomic E-state index is 0.383. The van der Waals surface area contributed by atoms with Gasteiger partial charge in [-0.3, -0.25) is 0 Å². The topological polar surface area (TPSA) is 29.3 Å². The van der Waals surface area contributed by atoms with Crippen LogP contribution >= 0.6 is 22.9 Å². The van der Waals surface area contributed by atoms with Crippen LogP contribution in [0.25, 0.3) is 0 Å². The second-order valence-electron chi connectivity index (χ2n) is 5.09. The molecule has 1 heterocycles. The largest absolute Gasteiger partial charge is 0.363 e. The zero-order chi connectivity index (χ0) is 14.5. The quantitative estimate of drug-likeness (QED) is 0.861. The van der Waals surface area contributed by atoms with E-state index in [4.69, 9.17) is 17.3 Å². The molecule has 0 fully saturated rings. The number of benzene rings is 1. The normalized spacial score (nSPS) is 11.1. The summed E-state index contributed by atoms with van der Waals surface area (Å²) >= 11 is 8.24. The Morgan fingerprint density at radius 1 is 1.25 bits per heavy atom. The maximum Gasteiger partial charge on any atom is 0.0642 e. The first-order valence-electron chi connectivity index (χ1n) is 6.90. The van der Waals surface area contributed by atoms with Gasteiger partial charge in [0.2, 0.25) is 0 Å². The van der Waals surface area contributed by atoms with E-state index < -0.39 is 0 Å². The predicted octanol–water partition coefficient (Wildman–Crippen LogP) is 4.32. The summed E-state index contributed by atoms with van der Waals surface area (Å²) in [6.45, 7) is 5.92. The van der Waals surface area contributed by atoms with Crippen molar-refractivity contribution in [1.29, 1.82) is 0 Å². The lowest BCUT2D eigenvalue weighted by Gasteiger charge is -2.31. The maximum atomic E-state index is 6.47. The van der Waals surface area contributed by atoms with E-state index in [1.165, 1.54) is 10.4 Å². The Hall–Kier alpha value is -1.03. The molecule has 2 aromatic rings. The van der Waals surface area contributed by atoms with Crippen molar-refractivity contribution in [1.82, 2.24) is 0 Å². The number of nitrogens with zero attached hydrogens (tertiary/aromatic N) is 1. The van der Waals surface area contributed by atoms with Gasteiger partial charge < -0.3 is 10.6 Å². The average Bonchev–Trinajstić information content (AvgIpc) is 2.90. The number of nitrogens with two attached hydrogens (primary N) is 1. The molecule has 1 aromatic carbocycles. The van der Waals surface area contributed by atoms with Crippen molar-refractivity contribution < 1.29 is 0 Å². The van der Waals surface area contributed by atoms with Crippen LogP contribution in [0.3, 0.4) is 0 Å². The molecule has 0 aliphatic heterocycles. The molecule has 0 aliphatic carbocycles. The van der Waals surface area contributed by atoms with E-state index in [0.29, 0.717) is 12.6 Å². The number of hydrogen-bond acceptors (Lipinski definition) is 3. The molecule has 0 spiro atoms. The highest BCUT2D eigenvalue weighted by molar-refractivity contribution is 7.09. The molecule has 0 unspecified atom stereocenters. The molecule has 0 bridgehead atoms. The Kier molecular flexibility index (Phi) is 5.46. The number of halogens is 1. The molecule has 108 valence electrons. The number of rotatable bonds is 6. The molecular formula is C16H21ClN2S. The van der Waals surface area contributed by atoms with Crippen LogP contribution in [-0.2, 0) is 13.0 Å². The zero-order valence-corrected chi connectivity index (χ0v) is 13.5. The van der Waals surface area contributed by atoms with Crippen LogP contribution < -0.4 is 10.6 Å². The number of thiophene rings is 1. The van der Waals surface area contributed by atoms with E-state index in [2.05, 4.69) is 42.3 Å². The maximum absolute atomic E-state index is 6.47. The van der Waals surface area contributed by atoms with Crippen LogP contribution in [0.2, 0.25) is 5.02 Å². The first kappa shape index (κ1) is 15.4. The summed E-state index contributed by atoms with van der Waals surface area (Å²) in [6.07, 6.45) is 0.851. The SMILES string of the molecule is CC(C)N(Cc1cccs1)c1c(Cl)cccc1CCN. The standard InChI is InChI=1S/C16H21ClN2S/c1-12(2)19(11-14-6-4-10-20-14)16-13(8-9-18)5-3-7-15(16)17/h3-7,10,12H,8-9,11,18H2,1-2H3. The van der Waals surface area contributed by atoms with E-state index in [1.54, 1.807) is 11.3 Å². The second kappa shape index (κ2) is 7.11. The van der Waals surface area contributed by atoms with Crippen molar-refractivity contribution in [2.45, 2.75) is 32.9 Å². The first-order valence-corrected chi connectivity index (χ1v) is 8.15. The van der Waals surface area contributed by atoms with Crippen LogP contribution in [0, 0.1) is 0 Å². The van der Waals surface area contributed by atoms with Gasteiger partial charge in [0.05, 0.1) is 17.3 Å². The predicted molar refractivity (Wildman–Crippen MR) is 89.8 cm³/mol. The number of hydrogen-bond donors (Lipinski definition) is 1.